The zero-order valence-electron chi connectivity index (χ0n) is 14.9. The van der Waals surface area contributed by atoms with Crippen LogP contribution in [0.1, 0.15) is 43.0 Å². The number of piperidine rings is 1. The van der Waals surface area contributed by atoms with Gasteiger partial charge in [-0.3, -0.25) is 9.59 Å². The summed E-state index contributed by atoms with van der Waals surface area (Å²) < 4.78 is 26.3. The van der Waals surface area contributed by atoms with Gasteiger partial charge in [0.15, 0.2) is 0 Å². The summed E-state index contributed by atoms with van der Waals surface area (Å²) in [6, 6.07) is 5.94. The van der Waals surface area contributed by atoms with Gasteiger partial charge in [-0.05, 0) is 49.9 Å². The minimum atomic E-state index is -3.52. The Bertz CT molecular complexity index is 764. The molecule has 0 aromatic heterocycles. The summed E-state index contributed by atoms with van der Waals surface area (Å²) in [5.41, 5.74) is 0.428. The molecule has 26 heavy (non-hydrogen) atoms. The van der Waals surface area contributed by atoms with E-state index in [0.29, 0.717) is 25.2 Å². The predicted octanol–water partition coefficient (Wildman–Crippen LogP) is 1.12. The molecule has 0 spiro atoms. The lowest BCUT2D eigenvalue weighted by Gasteiger charge is -2.32. The van der Waals surface area contributed by atoms with Gasteiger partial charge in [-0.2, -0.15) is 0 Å². The van der Waals surface area contributed by atoms with E-state index in [4.69, 9.17) is 0 Å². The molecule has 7 nitrogen and oxygen atoms in total. The fraction of sp³-hybridized carbons (Fsp3) is 0.556. The van der Waals surface area contributed by atoms with E-state index in [9.17, 15) is 18.0 Å². The van der Waals surface area contributed by atoms with E-state index in [1.807, 2.05) is 4.90 Å². The molecule has 0 bridgehead atoms. The number of likely N-dealkylation sites (tertiary alicyclic amines) is 1. The molecular formula is C18H25N3O4S. The van der Waals surface area contributed by atoms with Crippen LogP contribution in [0.5, 0.6) is 0 Å². The summed E-state index contributed by atoms with van der Waals surface area (Å²) in [6.07, 6.45) is 3.51. The molecule has 1 saturated heterocycles. The summed E-state index contributed by atoms with van der Waals surface area (Å²) in [5.74, 6) is 0.273. The van der Waals surface area contributed by atoms with Crippen molar-refractivity contribution < 1.29 is 18.0 Å². The van der Waals surface area contributed by atoms with Gasteiger partial charge in [0, 0.05) is 37.2 Å². The molecule has 0 unspecified atom stereocenters. The van der Waals surface area contributed by atoms with Crippen molar-refractivity contribution in [1.29, 1.82) is 0 Å². The van der Waals surface area contributed by atoms with Gasteiger partial charge in [-0.1, -0.05) is 6.92 Å². The summed E-state index contributed by atoms with van der Waals surface area (Å²) >= 11 is 0. The number of sulfonamides is 1. The molecule has 2 aliphatic rings. The maximum Gasteiger partial charge on any atom is 0.251 e. The maximum atomic E-state index is 12.4. The van der Waals surface area contributed by atoms with E-state index in [1.54, 1.807) is 6.92 Å². The molecule has 8 heteroatoms. The number of hydrogen-bond acceptors (Lipinski definition) is 4. The number of hydrogen-bond donors (Lipinski definition) is 2. The normalized spacial score (nSPS) is 18.6. The van der Waals surface area contributed by atoms with E-state index in [-0.39, 0.29) is 28.7 Å². The smallest absolute Gasteiger partial charge is 0.251 e. The number of carbonyl (C=O) groups excluding carboxylic acids is 2. The van der Waals surface area contributed by atoms with Crippen LogP contribution in [0, 0.1) is 5.92 Å². The van der Waals surface area contributed by atoms with E-state index in [1.165, 1.54) is 24.3 Å². The van der Waals surface area contributed by atoms with Crippen molar-refractivity contribution in [3.63, 3.8) is 0 Å². The van der Waals surface area contributed by atoms with E-state index < -0.39 is 10.0 Å². The Kier molecular flexibility index (Phi) is 5.62. The second kappa shape index (κ2) is 7.75. The van der Waals surface area contributed by atoms with Gasteiger partial charge in [-0.15, -0.1) is 0 Å². The van der Waals surface area contributed by atoms with Crippen LogP contribution in [0.2, 0.25) is 0 Å². The lowest BCUT2D eigenvalue weighted by molar-refractivity contribution is -0.133. The first-order valence-corrected chi connectivity index (χ1v) is 10.6. The molecule has 1 aromatic carbocycles. The van der Waals surface area contributed by atoms with Crippen LogP contribution < -0.4 is 10.0 Å². The molecule has 2 N–H and O–H groups in total. The summed E-state index contributed by atoms with van der Waals surface area (Å²) in [5, 5.41) is 2.98. The molecule has 1 saturated carbocycles. The predicted molar refractivity (Wildman–Crippen MR) is 97.1 cm³/mol. The van der Waals surface area contributed by atoms with Gasteiger partial charge in [0.2, 0.25) is 15.9 Å². The molecule has 3 rings (SSSR count). The number of nitrogens with zero attached hydrogens (tertiary/aromatic N) is 1. The van der Waals surface area contributed by atoms with Crippen LogP contribution in [0.15, 0.2) is 29.2 Å². The van der Waals surface area contributed by atoms with Crippen molar-refractivity contribution >= 4 is 21.8 Å². The van der Waals surface area contributed by atoms with Crippen molar-refractivity contribution in [3.8, 4) is 0 Å². The number of benzene rings is 1. The van der Waals surface area contributed by atoms with E-state index in [0.717, 1.165) is 25.7 Å². The Hall–Kier alpha value is -1.93. The van der Waals surface area contributed by atoms with Crippen molar-refractivity contribution in [1.82, 2.24) is 14.9 Å². The fourth-order valence-electron chi connectivity index (χ4n) is 3.16. The fourth-order valence-corrected chi connectivity index (χ4v) is 4.20. The maximum absolute atomic E-state index is 12.4. The average Bonchev–Trinajstić information content (AvgIpc) is 3.47. The molecule has 1 aromatic rings. The second-order valence-electron chi connectivity index (χ2n) is 6.87. The highest BCUT2D eigenvalue weighted by Crippen LogP contribution is 2.31. The summed E-state index contributed by atoms with van der Waals surface area (Å²) in [7, 11) is -3.52. The third kappa shape index (κ3) is 4.42. The Morgan fingerprint density at radius 1 is 1.08 bits per heavy atom. The molecule has 1 heterocycles. The zero-order chi connectivity index (χ0) is 18.7. The lowest BCUT2D eigenvalue weighted by atomic mass is 10.0. The Balaban J connectivity index is 1.53. The lowest BCUT2D eigenvalue weighted by Crippen LogP contribution is -2.47. The quantitative estimate of drug-likeness (QED) is 0.774. The zero-order valence-corrected chi connectivity index (χ0v) is 15.7. The van der Waals surface area contributed by atoms with Gasteiger partial charge in [-0.25, -0.2) is 13.1 Å². The van der Waals surface area contributed by atoms with Gasteiger partial charge in [0.05, 0.1) is 4.90 Å². The number of nitrogens with one attached hydrogen (secondary N) is 2. The van der Waals surface area contributed by atoms with Crippen molar-refractivity contribution in [3.05, 3.63) is 29.8 Å². The highest BCUT2D eigenvalue weighted by molar-refractivity contribution is 7.89. The summed E-state index contributed by atoms with van der Waals surface area (Å²) in [6.45, 7) is 3.38. The molecular weight excluding hydrogens is 354 g/mol. The highest BCUT2D eigenvalue weighted by atomic mass is 32.2. The Morgan fingerprint density at radius 2 is 1.69 bits per heavy atom. The minimum Gasteiger partial charge on any atom is -0.349 e. The number of rotatable bonds is 6. The number of amides is 2. The first kappa shape index (κ1) is 18.8. The molecule has 2 amide bonds. The first-order valence-electron chi connectivity index (χ1n) is 9.10. The largest absolute Gasteiger partial charge is 0.349 e. The Labute approximate surface area is 154 Å². The van der Waals surface area contributed by atoms with E-state index in [2.05, 4.69) is 10.0 Å². The second-order valence-corrected chi connectivity index (χ2v) is 8.64. The van der Waals surface area contributed by atoms with Gasteiger partial charge in [0.25, 0.3) is 5.91 Å². The standard InChI is InChI=1S/C18H25N3O4S/c1-2-19-26(24,25)16-7-5-13(6-8-16)17(22)20-15-9-11-21(12-10-15)18(23)14-3-4-14/h5-8,14-15,19H,2-4,9-12H2,1H3,(H,20,22). The van der Waals surface area contributed by atoms with Crippen LogP contribution >= 0.6 is 0 Å². The Morgan fingerprint density at radius 3 is 2.23 bits per heavy atom. The SMILES string of the molecule is CCNS(=O)(=O)c1ccc(C(=O)NC2CCN(C(=O)C3CC3)CC2)cc1. The van der Waals surface area contributed by atoms with Gasteiger partial charge < -0.3 is 10.2 Å². The van der Waals surface area contributed by atoms with Crippen LogP contribution in [0.4, 0.5) is 0 Å². The molecule has 1 aliphatic carbocycles. The third-order valence-electron chi connectivity index (χ3n) is 4.83. The van der Waals surface area contributed by atoms with Crippen LogP contribution in [-0.2, 0) is 14.8 Å². The van der Waals surface area contributed by atoms with Crippen LogP contribution in [-0.4, -0.2) is 50.8 Å². The van der Waals surface area contributed by atoms with Crippen molar-refractivity contribution in [2.45, 2.75) is 43.5 Å². The molecule has 0 radical (unpaired) electrons. The first-order chi connectivity index (χ1) is 12.4. The van der Waals surface area contributed by atoms with Crippen LogP contribution in [0.3, 0.4) is 0 Å². The van der Waals surface area contributed by atoms with Gasteiger partial charge in [0.1, 0.15) is 0 Å². The minimum absolute atomic E-state index is 0.0379. The van der Waals surface area contributed by atoms with Gasteiger partial charge >= 0.3 is 0 Å². The molecule has 2 fully saturated rings. The average molecular weight is 379 g/mol. The monoisotopic (exact) mass is 379 g/mol. The number of carbonyl (C=O) groups is 2. The summed E-state index contributed by atoms with van der Waals surface area (Å²) in [4.78, 5) is 26.5. The molecule has 142 valence electrons. The molecule has 0 atom stereocenters. The van der Waals surface area contributed by atoms with Crippen molar-refractivity contribution in [2.75, 3.05) is 19.6 Å². The van der Waals surface area contributed by atoms with Crippen LogP contribution in [0.25, 0.3) is 0 Å². The van der Waals surface area contributed by atoms with Crippen molar-refractivity contribution in [2.24, 2.45) is 5.92 Å². The topological polar surface area (TPSA) is 95.6 Å². The highest BCUT2D eigenvalue weighted by Gasteiger charge is 2.35. The van der Waals surface area contributed by atoms with E-state index >= 15 is 0 Å². The third-order valence-corrected chi connectivity index (χ3v) is 6.39. The molecule has 1 aliphatic heterocycles.